The molecule has 1 aliphatic carbocycles. The molecule has 2 fully saturated rings. The predicted octanol–water partition coefficient (Wildman–Crippen LogP) is 0.929. The molecule has 0 bridgehead atoms. The summed E-state index contributed by atoms with van der Waals surface area (Å²) < 4.78 is 5.46. The lowest BCUT2D eigenvalue weighted by atomic mass is 9.95. The molecule has 2 aliphatic rings. The van der Waals surface area contributed by atoms with Gasteiger partial charge in [-0.15, -0.1) is 0 Å². The second-order valence-electron chi connectivity index (χ2n) is 6.01. The molecule has 1 heterocycles. The summed E-state index contributed by atoms with van der Waals surface area (Å²) in [6.07, 6.45) is 3.04. The number of nitrogens with one attached hydrogen (secondary N) is 1. The first-order valence-electron chi connectivity index (χ1n) is 7.18. The second kappa shape index (κ2) is 5.49. The van der Waals surface area contributed by atoms with Crippen LogP contribution in [-0.2, 0) is 14.3 Å². The Kier molecular flexibility index (Phi) is 4.13. The van der Waals surface area contributed by atoms with Crippen LogP contribution in [0, 0.1) is 5.92 Å². The largest absolute Gasteiger partial charge is 0.380 e. The van der Waals surface area contributed by atoms with Crippen LogP contribution in [0.4, 0.5) is 0 Å². The van der Waals surface area contributed by atoms with Gasteiger partial charge in [-0.2, -0.15) is 0 Å². The first-order chi connectivity index (χ1) is 8.97. The predicted molar refractivity (Wildman–Crippen MR) is 71.6 cm³/mol. The van der Waals surface area contributed by atoms with Crippen molar-refractivity contribution in [1.82, 2.24) is 10.2 Å². The molecule has 5 nitrogen and oxygen atoms in total. The lowest BCUT2D eigenvalue weighted by Crippen LogP contribution is -2.69. The summed E-state index contributed by atoms with van der Waals surface area (Å²) in [4.78, 5) is 26.4. The maximum atomic E-state index is 12.5. The van der Waals surface area contributed by atoms with Crippen LogP contribution in [0.5, 0.6) is 0 Å². The van der Waals surface area contributed by atoms with E-state index in [1.54, 1.807) is 18.7 Å². The highest BCUT2D eigenvalue weighted by atomic mass is 16.5. The Bertz CT molecular complexity index is 364. The normalized spacial score (nSPS) is 26.5. The quantitative estimate of drug-likeness (QED) is 0.729. The van der Waals surface area contributed by atoms with Crippen molar-refractivity contribution >= 4 is 11.8 Å². The number of carbonyl (C=O) groups excluding carboxylic acids is 2. The lowest BCUT2D eigenvalue weighted by Gasteiger charge is -2.43. The zero-order valence-corrected chi connectivity index (χ0v) is 12.1. The molecule has 0 aromatic carbocycles. The van der Waals surface area contributed by atoms with Gasteiger partial charge in [0.05, 0.1) is 6.61 Å². The van der Waals surface area contributed by atoms with Gasteiger partial charge in [0.2, 0.25) is 11.8 Å². The van der Waals surface area contributed by atoms with Crippen molar-refractivity contribution in [2.24, 2.45) is 5.92 Å². The van der Waals surface area contributed by atoms with E-state index in [9.17, 15) is 9.59 Å². The minimum absolute atomic E-state index is 0.00379. The molecule has 5 heteroatoms. The Balaban J connectivity index is 2.04. The van der Waals surface area contributed by atoms with Crippen LogP contribution < -0.4 is 5.32 Å². The Labute approximate surface area is 114 Å². The van der Waals surface area contributed by atoms with Gasteiger partial charge in [0.25, 0.3) is 0 Å². The van der Waals surface area contributed by atoms with E-state index in [1.165, 1.54) is 0 Å². The third kappa shape index (κ3) is 3.08. The fourth-order valence-electron chi connectivity index (χ4n) is 2.59. The van der Waals surface area contributed by atoms with E-state index in [-0.39, 0.29) is 17.9 Å². The third-order valence-electron chi connectivity index (χ3n) is 3.73. The van der Waals surface area contributed by atoms with Gasteiger partial charge in [-0.25, -0.2) is 0 Å². The van der Waals surface area contributed by atoms with Crippen molar-refractivity contribution in [2.45, 2.75) is 51.6 Å². The van der Waals surface area contributed by atoms with Gasteiger partial charge in [-0.1, -0.05) is 6.92 Å². The maximum absolute atomic E-state index is 12.5. The summed E-state index contributed by atoms with van der Waals surface area (Å²) in [7, 11) is 0. The first-order valence-corrected chi connectivity index (χ1v) is 7.18. The second-order valence-corrected chi connectivity index (χ2v) is 6.01. The molecule has 19 heavy (non-hydrogen) atoms. The van der Waals surface area contributed by atoms with E-state index in [0.29, 0.717) is 25.7 Å². The number of rotatable bonds is 6. The molecule has 1 saturated carbocycles. The van der Waals surface area contributed by atoms with Gasteiger partial charge >= 0.3 is 0 Å². The number of piperazine rings is 1. The fourth-order valence-corrected chi connectivity index (χ4v) is 2.59. The van der Waals surface area contributed by atoms with Crippen molar-refractivity contribution < 1.29 is 14.3 Å². The molecule has 0 aromatic rings. The third-order valence-corrected chi connectivity index (χ3v) is 3.73. The molecule has 1 N–H and O–H groups in total. The van der Waals surface area contributed by atoms with Gasteiger partial charge in [0.15, 0.2) is 0 Å². The zero-order valence-electron chi connectivity index (χ0n) is 12.1. The first kappa shape index (κ1) is 14.3. The van der Waals surface area contributed by atoms with E-state index >= 15 is 0 Å². The molecule has 0 aromatic heterocycles. The number of ether oxygens (including phenoxy) is 1. The van der Waals surface area contributed by atoms with Crippen molar-refractivity contribution in [1.29, 1.82) is 0 Å². The van der Waals surface area contributed by atoms with Gasteiger partial charge < -0.3 is 15.0 Å². The Morgan fingerprint density at radius 3 is 2.58 bits per heavy atom. The molecule has 1 unspecified atom stereocenters. The highest BCUT2D eigenvalue weighted by molar-refractivity contribution is 5.99. The van der Waals surface area contributed by atoms with Gasteiger partial charge in [0, 0.05) is 13.2 Å². The summed E-state index contributed by atoms with van der Waals surface area (Å²) in [5.41, 5.74) is -0.798. The number of amides is 2. The van der Waals surface area contributed by atoms with E-state index in [0.717, 1.165) is 19.3 Å². The molecule has 0 spiro atoms. The van der Waals surface area contributed by atoms with Crippen molar-refractivity contribution in [3.63, 3.8) is 0 Å². The maximum Gasteiger partial charge on any atom is 0.248 e. The number of nitrogens with zero attached hydrogens (tertiary/aromatic N) is 1. The van der Waals surface area contributed by atoms with Crippen LogP contribution >= 0.6 is 0 Å². The molecular formula is C14H24N2O3. The number of hydrogen-bond acceptors (Lipinski definition) is 3. The van der Waals surface area contributed by atoms with Gasteiger partial charge in [0.1, 0.15) is 11.6 Å². The van der Waals surface area contributed by atoms with E-state index < -0.39 is 5.54 Å². The van der Waals surface area contributed by atoms with E-state index in [1.807, 2.05) is 0 Å². The van der Waals surface area contributed by atoms with Crippen molar-refractivity contribution in [3.8, 4) is 0 Å². The molecule has 1 saturated heterocycles. The zero-order chi connectivity index (χ0) is 14.0. The van der Waals surface area contributed by atoms with E-state index in [2.05, 4.69) is 12.2 Å². The van der Waals surface area contributed by atoms with Gasteiger partial charge in [-0.3, -0.25) is 9.59 Å². The van der Waals surface area contributed by atoms with Crippen LogP contribution in [0.2, 0.25) is 0 Å². The topological polar surface area (TPSA) is 58.6 Å². The summed E-state index contributed by atoms with van der Waals surface area (Å²) in [5.74, 6) is 0.331. The average Bonchev–Trinajstić information content (AvgIpc) is 3.14. The highest BCUT2D eigenvalue weighted by Crippen LogP contribution is 2.37. The minimum atomic E-state index is -0.798. The average molecular weight is 268 g/mol. The number of hydrogen-bond donors (Lipinski definition) is 1. The van der Waals surface area contributed by atoms with Crippen molar-refractivity contribution in [3.05, 3.63) is 0 Å². The van der Waals surface area contributed by atoms with Crippen LogP contribution in [0.1, 0.15) is 40.0 Å². The molecular weight excluding hydrogens is 244 g/mol. The summed E-state index contributed by atoms with van der Waals surface area (Å²) >= 11 is 0. The smallest absolute Gasteiger partial charge is 0.248 e. The minimum Gasteiger partial charge on any atom is -0.380 e. The van der Waals surface area contributed by atoms with Gasteiger partial charge in [-0.05, 0) is 39.0 Å². The lowest BCUT2D eigenvalue weighted by molar-refractivity contribution is -0.155. The summed E-state index contributed by atoms with van der Waals surface area (Å²) in [6.45, 7) is 7.29. The molecule has 1 atom stereocenters. The van der Waals surface area contributed by atoms with Crippen LogP contribution in [0.15, 0.2) is 0 Å². The summed E-state index contributed by atoms with van der Waals surface area (Å²) in [6, 6.07) is -0.286. The van der Waals surface area contributed by atoms with Crippen LogP contribution in [-0.4, -0.2) is 48.1 Å². The Morgan fingerprint density at radius 2 is 2.00 bits per heavy atom. The van der Waals surface area contributed by atoms with Crippen LogP contribution in [0.25, 0.3) is 0 Å². The fraction of sp³-hybridized carbons (Fsp3) is 0.857. The highest BCUT2D eigenvalue weighted by Gasteiger charge is 2.50. The van der Waals surface area contributed by atoms with E-state index in [4.69, 9.17) is 4.74 Å². The molecule has 108 valence electrons. The molecule has 2 amide bonds. The number of carbonyl (C=O) groups is 2. The van der Waals surface area contributed by atoms with Crippen molar-refractivity contribution in [2.75, 3.05) is 19.8 Å². The molecule has 1 aliphatic heterocycles. The Morgan fingerprint density at radius 1 is 1.32 bits per heavy atom. The summed E-state index contributed by atoms with van der Waals surface area (Å²) in [5, 5.41) is 2.84. The standard InChI is InChI=1S/C14H24N2O3/c1-4-8-19-9-7-16-11(10-5-6-10)12(17)15-14(2,3)13(16)18/h10-11H,4-9H2,1-3H3,(H,15,17). The van der Waals surface area contributed by atoms with Crippen LogP contribution in [0.3, 0.4) is 0 Å². The Hall–Kier alpha value is -1.10. The SMILES string of the molecule is CCCOCCN1C(=O)C(C)(C)NC(=O)C1C1CC1. The molecule has 0 radical (unpaired) electrons. The monoisotopic (exact) mass is 268 g/mol. The molecule has 2 rings (SSSR count).